The first-order chi connectivity index (χ1) is 22.5. The maximum Gasteiger partial charge on any atom is 0.0126 e. The molecular formula is C43H86N4. The van der Waals surface area contributed by atoms with E-state index >= 15 is 0 Å². The lowest BCUT2D eigenvalue weighted by molar-refractivity contribution is 0.0371. The predicted octanol–water partition coefficient (Wildman–Crippen LogP) is 10.7. The Bertz CT molecular complexity index is 763. The van der Waals surface area contributed by atoms with Crippen LogP contribution in [0.4, 0.5) is 0 Å². The summed E-state index contributed by atoms with van der Waals surface area (Å²) in [5.74, 6) is 4.07. The number of hydrogen-bond acceptors (Lipinski definition) is 4. The van der Waals surface area contributed by atoms with Crippen LogP contribution in [-0.2, 0) is 0 Å². The van der Waals surface area contributed by atoms with E-state index in [1.807, 2.05) is 0 Å². The Morgan fingerprint density at radius 3 is 1.51 bits per heavy atom. The first-order valence-electron chi connectivity index (χ1n) is 21.5. The van der Waals surface area contributed by atoms with Crippen molar-refractivity contribution in [2.24, 2.45) is 23.7 Å². The topological polar surface area (TPSA) is 13.0 Å². The fourth-order valence-electron chi connectivity index (χ4n) is 9.94. The second kappa shape index (κ2) is 21.9. The molecule has 4 unspecified atom stereocenters. The quantitative estimate of drug-likeness (QED) is 0.291. The lowest BCUT2D eigenvalue weighted by atomic mass is 9.78. The van der Waals surface area contributed by atoms with Crippen LogP contribution < -0.4 is 0 Å². The minimum Gasteiger partial charge on any atom is -0.301 e. The van der Waals surface area contributed by atoms with Crippen LogP contribution in [0, 0.1) is 23.7 Å². The number of likely N-dealkylation sites (tertiary alicyclic amines) is 3. The molecule has 2 saturated carbocycles. The van der Waals surface area contributed by atoms with Gasteiger partial charge in [0.1, 0.15) is 0 Å². The molecule has 0 spiro atoms. The molecule has 0 amide bonds. The second-order valence-corrected chi connectivity index (χ2v) is 18.1. The van der Waals surface area contributed by atoms with Crippen molar-refractivity contribution in [2.75, 3.05) is 39.3 Å². The molecule has 0 radical (unpaired) electrons. The van der Waals surface area contributed by atoms with Crippen LogP contribution in [0.2, 0.25) is 0 Å². The van der Waals surface area contributed by atoms with Crippen molar-refractivity contribution in [1.82, 2.24) is 19.6 Å². The van der Waals surface area contributed by atoms with Gasteiger partial charge in [-0.15, -0.1) is 0 Å². The van der Waals surface area contributed by atoms with Crippen molar-refractivity contribution in [3.63, 3.8) is 0 Å². The lowest BCUT2D eigenvalue weighted by Gasteiger charge is -2.46. The Balaban J connectivity index is 0.000000171. The summed E-state index contributed by atoms with van der Waals surface area (Å²) in [5.41, 5.74) is 0. The number of rotatable bonds is 5. The first-order valence-corrected chi connectivity index (χ1v) is 21.5. The molecule has 0 N–H and O–H groups in total. The maximum atomic E-state index is 2.76. The van der Waals surface area contributed by atoms with Gasteiger partial charge < -0.3 is 9.80 Å². The van der Waals surface area contributed by atoms with E-state index in [1.54, 1.807) is 0 Å². The molecule has 5 heterocycles. The molecule has 4 heteroatoms. The van der Waals surface area contributed by atoms with E-state index in [0.29, 0.717) is 0 Å². The van der Waals surface area contributed by atoms with Crippen molar-refractivity contribution in [3.8, 4) is 0 Å². The highest BCUT2D eigenvalue weighted by Crippen LogP contribution is 2.36. The number of hydrogen-bond donors (Lipinski definition) is 0. The average Bonchev–Trinajstić information content (AvgIpc) is 3.55. The van der Waals surface area contributed by atoms with Gasteiger partial charge in [0.05, 0.1) is 0 Å². The van der Waals surface area contributed by atoms with Gasteiger partial charge in [0.15, 0.2) is 0 Å². The van der Waals surface area contributed by atoms with Crippen LogP contribution in [0.3, 0.4) is 0 Å². The second-order valence-electron chi connectivity index (χ2n) is 18.1. The fourth-order valence-corrected chi connectivity index (χ4v) is 9.94. The number of nitrogens with zero attached hydrogens (tertiary/aromatic N) is 4. The van der Waals surface area contributed by atoms with Crippen LogP contribution >= 0.6 is 0 Å². The third-order valence-electron chi connectivity index (χ3n) is 13.3. The fraction of sp³-hybridized carbons (Fsp3) is 1.00. The van der Waals surface area contributed by atoms with Crippen LogP contribution in [0.5, 0.6) is 0 Å². The molecule has 5 aliphatic heterocycles. The molecule has 0 aromatic heterocycles. The third-order valence-corrected chi connectivity index (χ3v) is 13.3. The van der Waals surface area contributed by atoms with Gasteiger partial charge >= 0.3 is 0 Å². The standard InChI is InChI=1S/C12H23N.C11H21N.C11H23N.C9H19N/c1-10(2)13-9-5-7-11-6-3-4-8-12(11)13;1-9(2)12-7-10-3-4-11(8-12)6-5-10;1-5-11-7-6-10(4)12(8-11)9(2)3;1-9(2)10-7-5-3-4-6-8-10/h10-12H,3-9H2,1-2H3;9-11H,3-8H2,1-2H3;9-11H,5-8H2,1-4H3;9H,3-8H2,1-2H3. The third kappa shape index (κ3) is 14.2. The van der Waals surface area contributed by atoms with E-state index in [-0.39, 0.29) is 0 Å². The SMILES string of the molecule is CC(C)N1CC2CCC(CC2)C1.CC(C)N1CCCC2CCCCC21.CC(C)N1CCCCCC1.CCC1CCC(C)N(C(C)C)C1. The molecule has 7 aliphatic rings. The Morgan fingerprint density at radius 2 is 1.00 bits per heavy atom. The summed E-state index contributed by atoms with van der Waals surface area (Å²) in [6.45, 7) is 31.4. The zero-order valence-corrected chi connectivity index (χ0v) is 33.8. The molecule has 4 nitrogen and oxygen atoms in total. The molecule has 0 aromatic rings. The Labute approximate surface area is 296 Å². The predicted molar refractivity (Wildman–Crippen MR) is 208 cm³/mol. The van der Waals surface area contributed by atoms with Gasteiger partial charge in [0, 0.05) is 55.9 Å². The Hall–Kier alpha value is -0.160. The largest absolute Gasteiger partial charge is 0.301 e. The maximum absolute atomic E-state index is 2.76. The van der Waals surface area contributed by atoms with Gasteiger partial charge in [0.2, 0.25) is 0 Å². The molecule has 0 aromatic carbocycles. The summed E-state index contributed by atoms with van der Waals surface area (Å²) in [5, 5.41) is 0. The van der Waals surface area contributed by atoms with E-state index in [2.05, 4.69) is 88.8 Å². The Morgan fingerprint density at radius 1 is 0.468 bits per heavy atom. The monoisotopic (exact) mass is 659 g/mol. The molecular weight excluding hydrogens is 573 g/mol. The van der Waals surface area contributed by atoms with Gasteiger partial charge in [-0.25, -0.2) is 0 Å². The van der Waals surface area contributed by atoms with Gasteiger partial charge in [-0.05, 0) is 183 Å². The van der Waals surface area contributed by atoms with E-state index in [0.717, 1.165) is 59.9 Å². The van der Waals surface area contributed by atoms with Crippen molar-refractivity contribution in [3.05, 3.63) is 0 Å². The zero-order valence-electron chi connectivity index (χ0n) is 33.8. The van der Waals surface area contributed by atoms with Crippen molar-refractivity contribution in [2.45, 2.75) is 215 Å². The van der Waals surface area contributed by atoms with Gasteiger partial charge in [-0.1, -0.05) is 39.0 Å². The van der Waals surface area contributed by atoms with E-state index in [1.165, 1.54) is 148 Å². The highest BCUT2D eigenvalue weighted by Gasteiger charge is 2.34. The van der Waals surface area contributed by atoms with Gasteiger partial charge in [-0.3, -0.25) is 9.80 Å². The highest BCUT2D eigenvalue weighted by molar-refractivity contribution is 4.88. The molecule has 5 saturated heterocycles. The summed E-state index contributed by atoms with van der Waals surface area (Å²) in [4.78, 5) is 10.7. The van der Waals surface area contributed by atoms with Crippen molar-refractivity contribution >= 4 is 0 Å². The molecule has 47 heavy (non-hydrogen) atoms. The van der Waals surface area contributed by atoms with E-state index in [9.17, 15) is 0 Å². The van der Waals surface area contributed by atoms with E-state index in [4.69, 9.17) is 0 Å². The molecule has 7 rings (SSSR count). The minimum atomic E-state index is 0.731. The zero-order chi connectivity index (χ0) is 34.3. The van der Waals surface area contributed by atoms with Gasteiger partial charge in [-0.2, -0.15) is 0 Å². The molecule has 2 aliphatic carbocycles. The van der Waals surface area contributed by atoms with Crippen LogP contribution in [0.15, 0.2) is 0 Å². The van der Waals surface area contributed by atoms with Crippen LogP contribution in [0.25, 0.3) is 0 Å². The Kier molecular flexibility index (Phi) is 19.2. The van der Waals surface area contributed by atoms with Crippen molar-refractivity contribution < 1.29 is 0 Å². The van der Waals surface area contributed by atoms with Crippen molar-refractivity contribution in [1.29, 1.82) is 0 Å². The summed E-state index contributed by atoms with van der Waals surface area (Å²) >= 11 is 0. The van der Waals surface area contributed by atoms with Crippen LogP contribution in [0.1, 0.15) is 178 Å². The number of piperidine rings is 2. The van der Waals surface area contributed by atoms with Gasteiger partial charge in [0.25, 0.3) is 0 Å². The molecule has 278 valence electrons. The molecule has 7 fully saturated rings. The molecule has 4 atom stereocenters. The normalized spacial score (nSPS) is 32.8. The summed E-state index contributed by atoms with van der Waals surface area (Å²) in [6, 6.07) is 4.79. The summed E-state index contributed by atoms with van der Waals surface area (Å²) in [7, 11) is 0. The average molecular weight is 659 g/mol. The smallest absolute Gasteiger partial charge is 0.0126 e. The first kappa shape index (κ1) is 41.3. The summed E-state index contributed by atoms with van der Waals surface area (Å²) in [6.07, 6.45) is 24.9. The minimum absolute atomic E-state index is 0.731. The highest BCUT2D eigenvalue weighted by atomic mass is 15.2. The summed E-state index contributed by atoms with van der Waals surface area (Å²) < 4.78 is 0. The lowest BCUT2D eigenvalue weighted by Crippen LogP contribution is -2.49. The van der Waals surface area contributed by atoms with Crippen LogP contribution in [-0.4, -0.2) is 95.1 Å². The number of fused-ring (bicyclic) bond motifs is 5. The van der Waals surface area contributed by atoms with E-state index < -0.39 is 0 Å². The molecule has 2 bridgehead atoms.